The standard InChI is InChI=1S/C17H28N4O2S/c1-13(2)16-18-17(23-19-16)14-6-5-9-21(14)15(22)12-24-11-10-20-7-3-4-8-20/h13-14H,3-12H2,1-2H3. The van der Waals surface area contributed by atoms with Gasteiger partial charge in [-0.15, -0.1) is 0 Å². The Morgan fingerprint density at radius 1 is 1.29 bits per heavy atom. The maximum absolute atomic E-state index is 12.6. The van der Waals surface area contributed by atoms with Crippen LogP contribution < -0.4 is 0 Å². The Bertz CT molecular complexity index is 542. The molecule has 2 aliphatic rings. The number of aromatic nitrogens is 2. The lowest BCUT2D eigenvalue weighted by Crippen LogP contribution is -2.32. The average molecular weight is 353 g/mol. The molecule has 1 aromatic rings. The van der Waals surface area contributed by atoms with E-state index in [9.17, 15) is 4.79 Å². The summed E-state index contributed by atoms with van der Waals surface area (Å²) in [5, 5.41) is 4.04. The number of rotatable bonds is 7. The molecule has 134 valence electrons. The summed E-state index contributed by atoms with van der Waals surface area (Å²) >= 11 is 1.74. The molecule has 0 aliphatic carbocycles. The van der Waals surface area contributed by atoms with Crippen molar-refractivity contribution in [1.82, 2.24) is 19.9 Å². The van der Waals surface area contributed by atoms with E-state index in [1.807, 2.05) is 18.7 Å². The van der Waals surface area contributed by atoms with E-state index in [0.717, 1.165) is 37.5 Å². The van der Waals surface area contributed by atoms with E-state index in [1.54, 1.807) is 11.8 Å². The maximum Gasteiger partial charge on any atom is 0.249 e. The zero-order valence-electron chi connectivity index (χ0n) is 14.7. The van der Waals surface area contributed by atoms with Crippen molar-refractivity contribution in [3.05, 3.63) is 11.7 Å². The Hall–Kier alpha value is -1.08. The summed E-state index contributed by atoms with van der Waals surface area (Å²) in [6.07, 6.45) is 4.57. The Balaban J connectivity index is 1.47. The van der Waals surface area contributed by atoms with Crippen LogP contribution in [0.15, 0.2) is 4.52 Å². The summed E-state index contributed by atoms with van der Waals surface area (Å²) in [4.78, 5) is 21.5. The quantitative estimate of drug-likeness (QED) is 0.703. The number of thioether (sulfide) groups is 1. The molecule has 0 N–H and O–H groups in total. The molecule has 0 radical (unpaired) electrons. The molecule has 2 saturated heterocycles. The Labute approximate surface area is 148 Å². The Morgan fingerprint density at radius 3 is 2.79 bits per heavy atom. The average Bonchev–Trinajstić information content (AvgIpc) is 3.31. The van der Waals surface area contributed by atoms with E-state index in [-0.39, 0.29) is 17.9 Å². The summed E-state index contributed by atoms with van der Waals surface area (Å²) in [6, 6.07) is -0.0308. The molecule has 2 aliphatic heterocycles. The molecular formula is C17H28N4O2S. The molecule has 0 saturated carbocycles. The fraction of sp³-hybridized carbons (Fsp3) is 0.824. The highest BCUT2D eigenvalue weighted by Crippen LogP contribution is 2.32. The molecule has 7 heteroatoms. The zero-order valence-corrected chi connectivity index (χ0v) is 15.6. The fourth-order valence-corrected chi connectivity index (χ4v) is 4.25. The van der Waals surface area contributed by atoms with Crippen molar-refractivity contribution in [2.75, 3.05) is 37.7 Å². The first-order valence-electron chi connectivity index (χ1n) is 9.08. The second-order valence-corrected chi connectivity index (χ2v) is 8.10. The highest BCUT2D eigenvalue weighted by atomic mass is 32.2. The lowest BCUT2D eigenvalue weighted by atomic mass is 10.2. The minimum absolute atomic E-state index is 0.0308. The molecule has 0 bridgehead atoms. The van der Waals surface area contributed by atoms with Gasteiger partial charge in [0.1, 0.15) is 6.04 Å². The van der Waals surface area contributed by atoms with Crippen LogP contribution in [0.3, 0.4) is 0 Å². The van der Waals surface area contributed by atoms with Crippen molar-refractivity contribution in [2.24, 2.45) is 0 Å². The van der Waals surface area contributed by atoms with E-state index in [2.05, 4.69) is 15.0 Å². The number of hydrogen-bond donors (Lipinski definition) is 0. The third-order valence-electron chi connectivity index (χ3n) is 4.81. The lowest BCUT2D eigenvalue weighted by Gasteiger charge is -2.22. The lowest BCUT2D eigenvalue weighted by molar-refractivity contribution is -0.129. The number of carbonyl (C=O) groups excluding carboxylic acids is 1. The van der Waals surface area contributed by atoms with Crippen molar-refractivity contribution < 1.29 is 9.32 Å². The third-order valence-corrected chi connectivity index (χ3v) is 5.73. The molecule has 3 rings (SSSR count). The molecular weight excluding hydrogens is 324 g/mol. The summed E-state index contributed by atoms with van der Waals surface area (Å²) in [5.74, 6) is 3.36. The van der Waals surface area contributed by atoms with Crippen LogP contribution in [0.5, 0.6) is 0 Å². The van der Waals surface area contributed by atoms with Crippen molar-refractivity contribution >= 4 is 17.7 Å². The van der Waals surface area contributed by atoms with Crippen molar-refractivity contribution in [1.29, 1.82) is 0 Å². The van der Waals surface area contributed by atoms with Crippen molar-refractivity contribution in [2.45, 2.75) is 51.5 Å². The number of hydrogen-bond acceptors (Lipinski definition) is 6. The van der Waals surface area contributed by atoms with Gasteiger partial charge in [0.2, 0.25) is 11.8 Å². The van der Waals surface area contributed by atoms with Gasteiger partial charge in [0.15, 0.2) is 5.82 Å². The molecule has 0 spiro atoms. The van der Waals surface area contributed by atoms with Crippen LogP contribution in [0.2, 0.25) is 0 Å². The number of carbonyl (C=O) groups is 1. The van der Waals surface area contributed by atoms with Gasteiger partial charge >= 0.3 is 0 Å². The van der Waals surface area contributed by atoms with E-state index in [0.29, 0.717) is 11.6 Å². The largest absolute Gasteiger partial charge is 0.337 e. The van der Waals surface area contributed by atoms with Crippen LogP contribution in [-0.4, -0.2) is 63.5 Å². The topological polar surface area (TPSA) is 62.5 Å². The first kappa shape index (κ1) is 17.7. The van der Waals surface area contributed by atoms with Gasteiger partial charge in [0.05, 0.1) is 5.75 Å². The van der Waals surface area contributed by atoms with E-state index >= 15 is 0 Å². The molecule has 1 atom stereocenters. The Kier molecular flexibility index (Phi) is 6.16. The van der Waals surface area contributed by atoms with E-state index in [1.165, 1.54) is 25.9 Å². The molecule has 0 aromatic carbocycles. The van der Waals surface area contributed by atoms with Crippen molar-refractivity contribution in [3.63, 3.8) is 0 Å². The monoisotopic (exact) mass is 352 g/mol. The molecule has 24 heavy (non-hydrogen) atoms. The summed E-state index contributed by atoms with van der Waals surface area (Å²) in [7, 11) is 0. The third kappa shape index (κ3) is 4.30. The second kappa shape index (κ2) is 8.34. The first-order chi connectivity index (χ1) is 11.6. The molecule has 1 amide bonds. The van der Waals surface area contributed by atoms with Crippen LogP contribution in [-0.2, 0) is 4.79 Å². The van der Waals surface area contributed by atoms with E-state index in [4.69, 9.17) is 4.52 Å². The zero-order chi connectivity index (χ0) is 16.9. The highest BCUT2D eigenvalue weighted by molar-refractivity contribution is 7.99. The van der Waals surface area contributed by atoms with Gasteiger partial charge < -0.3 is 14.3 Å². The van der Waals surface area contributed by atoms with Gasteiger partial charge in [-0.3, -0.25) is 4.79 Å². The molecule has 1 aromatic heterocycles. The fourth-order valence-electron chi connectivity index (χ4n) is 3.38. The first-order valence-corrected chi connectivity index (χ1v) is 10.2. The predicted molar refractivity (Wildman–Crippen MR) is 95.1 cm³/mol. The van der Waals surface area contributed by atoms with Gasteiger partial charge in [-0.2, -0.15) is 16.7 Å². The maximum atomic E-state index is 12.6. The minimum Gasteiger partial charge on any atom is -0.337 e. The number of likely N-dealkylation sites (tertiary alicyclic amines) is 2. The normalized spacial score (nSPS) is 22.0. The van der Waals surface area contributed by atoms with Gasteiger partial charge in [-0.05, 0) is 38.8 Å². The van der Waals surface area contributed by atoms with Crippen LogP contribution in [0, 0.1) is 0 Å². The van der Waals surface area contributed by atoms with Crippen LogP contribution in [0.1, 0.15) is 63.2 Å². The van der Waals surface area contributed by atoms with Gasteiger partial charge in [-0.25, -0.2) is 0 Å². The predicted octanol–water partition coefficient (Wildman–Crippen LogP) is 2.69. The Morgan fingerprint density at radius 2 is 2.08 bits per heavy atom. The van der Waals surface area contributed by atoms with Gasteiger partial charge in [0, 0.05) is 24.8 Å². The van der Waals surface area contributed by atoms with Crippen molar-refractivity contribution in [3.8, 4) is 0 Å². The number of nitrogens with zero attached hydrogens (tertiary/aromatic N) is 4. The summed E-state index contributed by atoms with van der Waals surface area (Å²) in [5.41, 5.74) is 0. The van der Waals surface area contributed by atoms with Gasteiger partial charge in [-0.1, -0.05) is 19.0 Å². The van der Waals surface area contributed by atoms with Crippen LogP contribution in [0.4, 0.5) is 0 Å². The second-order valence-electron chi connectivity index (χ2n) is 6.99. The molecule has 1 unspecified atom stereocenters. The van der Waals surface area contributed by atoms with E-state index < -0.39 is 0 Å². The number of amides is 1. The summed E-state index contributed by atoms with van der Waals surface area (Å²) in [6.45, 7) is 8.43. The van der Waals surface area contributed by atoms with Gasteiger partial charge in [0.25, 0.3) is 0 Å². The molecule has 6 nitrogen and oxygen atoms in total. The highest BCUT2D eigenvalue weighted by Gasteiger charge is 2.34. The summed E-state index contributed by atoms with van der Waals surface area (Å²) < 4.78 is 5.41. The van der Waals surface area contributed by atoms with Crippen LogP contribution >= 0.6 is 11.8 Å². The molecule has 2 fully saturated rings. The smallest absolute Gasteiger partial charge is 0.249 e. The van der Waals surface area contributed by atoms with Crippen LogP contribution in [0.25, 0.3) is 0 Å². The molecule has 3 heterocycles. The SMILES string of the molecule is CC(C)c1noc(C2CCCN2C(=O)CSCCN2CCCC2)n1. The minimum atomic E-state index is -0.0308.